The van der Waals surface area contributed by atoms with E-state index in [1.54, 1.807) is 0 Å². The van der Waals surface area contributed by atoms with Gasteiger partial charge in [-0.2, -0.15) is 0 Å². The van der Waals surface area contributed by atoms with E-state index < -0.39 is 0 Å². The molecular weight excluding hydrogens is 314 g/mol. The predicted molar refractivity (Wildman–Crippen MR) is 100 cm³/mol. The summed E-state index contributed by atoms with van der Waals surface area (Å²) in [6.45, 7) is 9.67. The molecule has 0 amide bonds. The van der Waals surface area contributed by atoms with Crippen LogP contribution in [0, 0.1) is 0 Å². The Kier molecular flexibility index (Phi) is 4.40. The highest BCUT2D eigenvalue weighted by Gasteiger charge is 2.15. The Hall–Kier alpha value is -2.40. The first-order valence-electron chi connectivity index (χ1n) is 9.04. The molecule has 5 nitrogen and oxygen atoms in total. The Labute approximate surface area is 147 Å². The molecule has 5 heteroatoms. The molecule has 2 aliphatic heterocycles. The molecular formula is C20H24N3O2+. The summed E-state index contributed by atoms with van der Waals surface area (Å²) in [5.41, 5.74) is 3.78. The summed E-state index contributed by atoms with van der Waals surface area (Å²) in [5.74, 6) is 0.827. The lowest BCUT2D eigenvalue weighted by Gasteiger charge is -2.21. The first kappa shape index (κ1) is 16.1. The van der Waals surface area contributed by atoms with E-state index in [4.69, 9.17) is 14.1 Å². The third kappa shape index (κ3) is 3.12. The average molecular weight is 338 g/mol. The van der Waals surface area contributed by atoms with Crippen LogP contribution in [0.3, 0.4) is 0 Å². The molecule has 0 unspecified atom stereocenters. The van der Waals surface area contributed by atoms with Gasteiger partial charge in [0.2, 0.25) is 5.36 Å². The predicted octanol–water partition coefficient (Wildman–Crippen LogP) is 2.58. The van der Waals surface area contributed by atoms with Gasteiger partial charge in [-0.15, -0.1) is 0 Å². The van der Waals surface area contributed by atoms with Crippen LogP contribution in [0.1, 0.15) is 13.8 Å². The van der Waals surface area contributed by atoms with Gasteiger partial charge in [0.15, 0.2) is 24.4 Å². The van der Waals surface area contributed by atoms with E-state index in [0.29, 0.717) is 0 Å². The van der Waals surface area contributed by atoms with Crippen molar-refractivity contribution in [3.05, 3.63) is 41.8 Å². The van der Waals surface area contributed by atoms with E-state index >= 15 is 0 Å². The van der Waals surface area contributed by atoms with E-state index in [1.165, 1.54) is 11.0 Å². The second-order valence-electron chi connectivity index (χ2n) is 6.29. The number of fused-ring (bicyclic) bond motifs is 2. The third-order valence-electron chi connectivity index (χ3n) is 4.85. The summed E-state index contributed by atoms with van der Waals surface area (Å²) in [4.78, 5) is 7.07. The van der Waals surface area contributed by atoms with Crippen molar-refractivity contribution in [1.29, 1.82) is 0 Å². The fraction of sp³-hybridized carbons (Fsp3) is 0.400. The molecule has 0 radical (unpaired) electrons. The Morgan fingerprint density at radius 1 is 1.04 bits per heavy atom. The normalized spacial score (nSPS) is 15.0. The smallest absolute Gasteiger partial charge is 0.203 e. The minimum Gasteiger partial charge on any atom is -0.452 e. The maximum absolute atomic E-state index is 6.21. The van der Waals surface area contributed by atoms with Crippen LogP contribution >= 0.6 is 0 Å². The first-order chi connectivity index (χ1) is 12.3. The third-order valence-corrected chi connectivity index (χ3v) is 4.85. The van der Waals surface area contributed by atoms with Crippen molar-refractivity contribution in [2.45, 2.75) is 13.8 Å². The van der Waals surface area contributed by atoms with E-state index in [2.05, 4.69) is 47.6 Å². The summed E-state index contributed by atoms with van der Waals surface area (Å²) < 4.78 is 14.0. The zero-order valence-electron chi connectivity index (χ0n) is 14.9. The van der Waals surface area contributed by atoms with Gasteiger partial charge in [-0.25, -0.2) is 9.56 Å². The number of aromatic nitrogens is 1. The maximum Gasteiger partial charge on any atom is 0.203 e. The summed E-state index contributed by atoms with van der Waals surface area (Å²) in [7, 11) is 0. The van der Waals surface area contributed by atoms with Crippen molar-refractivity contribution in [2.24, 2.45) is 0 Å². The first-order valence-corrected chi connectivity index (χ1v) is 9.04. The van der Waals surface area contributed by atoms with Crippen LogP contribution in [0.4, 0.5) is 5.69 Å². The molecule has 2 heterocycles. The molecule has 0 bridgehead atoms. The lowest BCUT2D eigenvalue weighted by Crippen LogP contribution is -2.39. The maximum atomic E-state index is 6.21. The number of rotatable bonds is 3. The molecule has 0 aromatic heterocycles. The number of hydrogen-bond donors (Lipinski definition) is 0. The fourth-order valence-corrected chi connectivity index (χ4v) is 3.41. The molecule has 1 aromatic rings. The molecule has 0 spiro atoms. The number of ether oxygens (including phenoxy) is 1. The number of hydrogen-bond acceptors (Lipinski definition) is 4. The van der Waals surface area contributed by atoms with E-state index in [9.17, 15) is 0 Å². The van der Waals surface area contributed by atoms with Crippen molar-refractivity contribution in [2.75, 3.05) is 44.3 Å². The molecule has 25 heavy (non-hydrogen) atoms. The van der Waals surface area contributed by atoms with Crippen LogP contribution in [-0.4, -0.2) is 44.4 Å². The van der Waals surface area contributed by atoms with Crippen LogP contribution in [0.2, 0.25) is 0 Å². The van der Waals surface area contributed by atoms with Crippen molar-refractivity contribution in [3.8, 4) is 11.5 Å². The molecule has 1 aromatic carbocycles. The molecule has 1 aliphatic carbocycles. The number of benzene rings is 2. The van der Waals surface area contributed by atoms with Crippen molar-refractivity contribution >= 4 is 16.8 Å². The van der Waals surface area contributed by atoms with Gasteiger partial charge in [-0.3, -0.25) is 0 Å². The Morgan fingerprint density at radius 2 is 1.84 bits per heavy atom. The zero-order chi connectivity index (χ0) is 17.2. The molecule has 1 fully saturated rings. The molecule has 130 valence electrons. The Bertz CT molecular complexity index is 920. The van der Waals surface area contributed by atoms with E-state index in [0.717, 1.165) is 61.9 Å². The van der Waals surface area contributed by atoms with Crippen molar-refractivity contribution in [3.63, 3.8) is 0 Å². The van der Waals surface area contributed by atoms with Crippen molar-refractivity contribution < 1.29 is 9.15 Å². The van der Waals surface area contributed by atoms with Crippen LogP contribution in [0.5, 0.6) is 0 Å². The topological polar surface area (TPSA) is 41.5 Å². The molecule has 0 N–H and O–H groups in total. The SMILES string of the molecule is CCN(CC)c1ccc2nc3ccc(=[N+]4CCOCC4)cc-3oc2c1. The molecule has 4 rings (SSSR count). The number of nitrogens with zero attached hydrogens (tertiary/aromatic N) is 3. The average Bonchev–Trinajstić information content (AvgIpc) is 2.67. The van der Waals surface area contributed by atoms with Gasteiger partial charge < -0.3 is 14.1 Å². The van der Waals surface area contributed by atoms with E-state index in [-0.39, 0.29) is 0 Å². The second-order valence-corrected chi connectivity index (χ2v) is 6.29. The lowest BCUT2D eigenvalue weighted by atomic mass is 10.2. The second kappa shape index (κ2) is 6.84. The summed E-state index contributed by atoms with van der Waals surface area (Å²) in [6, 6.07) is 12.5. The molecule has 0 saturated carbocycles. The van der Waals surface area contributed by atoms with Crippen LogP contribution < -0.4 is 14.8 Å². The van der Waals surface area contributed by atoms with Gasteiger partial charge in [0.1, 0.15) is 24.4 Å². The quantitative estimate of drug-likeness (QED) is 0.544. The monoisotopic (exact) mass is 338 g/mol. The van der Waals surface area contributed by atoms with Gasteiger partial charge in [-0.05, 0) is 32.0 Å². The van der Waals surface area contributed by atoms with Gasteiger partial charge in [-0.1, -0.05) is 0 Å². The minimum atomic E-state index is 0.776. The summed E-state index contributed by atoms with van der Waals surface area (Å²) >= 11 is 0. The number of anilines is 1. The van der Waals surface area contributed by atoms with Crippen LogP contribution in [-0.2, 0) is 4.74 Å². The van der Waals surface area contributed by atoms with Gasteiger partial charge >= 0.3 is 0 Å². The standard InChI is InChI=1S/C20H24N3O2/c1-3-22(4-2)15-5-7-17-19(13-15)25-20-14-16(6-8-18(20)21-17)23-9-11-24-12-10-23/h5-8,13-14H,3-4,9-12H2,1-2H3/q+1. The van der Waals surface area contributed by atoms with Gasteiger partial charge in [0.25, 0.3) is 0 Å². The molecule has 3 aliphatic rings. The lowest BCUT2D eigenvalue weighted by molar-refractivity contribution is 0.0965. The minimum absolute atomic E-state index is 0.776. The zero-order valence-corrected chi connectivity index (χ0v) is 14.9. The summed E-state index contributed by atoms with van der Waals surface area (Å²) in [5, 5.41) is 1.17. The Balaban J connectivity index is 1.84. The highest BCUT2D eigenvalue weighted by atomic mass is 16.5. The highest BCUT2D eigenvalue weighted by Crippen LogP contribution is 2.26. The fourth-order valence-electron chi connectivity index (χ4n) is 3.41. The Morgan fingerprint density at radius 3 is 2.60 bits per heavy atom. The van der Waals surface area contributed by atoms with Gasteiger partial charge in [0.05, 0.1) is 6.07 Å². The van der Waals surface area contributed by atoms with Crippen LogP contribution in [0.25, 0.3) is 22.6 Å². The summed E-state index contributed by atoms with van der Waals surface area (Å²) in [6.07, 6.45) is 0. The van der Waals surface area contributed by atoms with Crippen molar-refractivity contribution in [1.82, 2.24) is 9.56 Å². The van der Waals surface area contributed by atoms with Crippen LogP contribution in [0.15, 0.2) is 40.8 Å². The van der Waals surface area contributed by atoms with Gasteiger partial charge in [0, 0.05) is 30.9 Å². The number of morpholine rings is 1. The van der Waals surface area contributed by atoms with E-state index in [1.807, 2.05) is 12.1 Å². The molecule has 1 saturated heterocycles. The largest absolute Gasteiger partial charge is 0.452 e. The highest BCUT2D eigenvalue weighted by molar-refractivity contribution is 5.80. The molecule has 0 atom stereocenters.